The van der Waals surface area contributed by atoms with E-state index in [1.54, 1.807) is 23.2 Å². The Morgan fingerprint density at radius 2 is 1.67 bits per heavy atom. The van der Waals surface area contributed by atoms with Crippen LogP contribution < -0.4 is 15.1 Å². The molecular weight excluding hydrogens is 340 g/mol. The molecule has 140 valence electrons. The Morgan fingerprint density at radius 3 is 2.33 bits per heavy atom. The van der Waals surface area contributed by atoms with Crippen LogP contribution in [0.2, 0.25) is 0 Å². The molecule has 2 aliphatic rings. The van der Waals surface area contributed by atoms with Crippen molar-refractivity contribution in [1.29, 1.82) is 0 Å². The lowest BCUT2D eigenvalue weighted by Crippen LogP contribution is -2.35. The summed E-state index contributed by atoms with van der Waals surface area (Å²) < 4.78 is 0. The predicted molar refractivity (Wildman–Crippen MR) is 106 cm³/mol. The van der Waals surface area contributed by atoms with E-state index in [1.165, 1.54) is 12.8 Å². The van der Waals surface area contributed by atoms with Crippen molar-refractivity contribution in [1.82, 2.24) is 4.98 Å². The van der Waals surface area contributed by atoms with Crippen LogP contribution in [0.5, 0.6) is 0 Å². The summed E-state index contributed by atoms with van der Waals surface area (Å²) in [6.45, 7) is 2.84. The lowest BCUT2D eigenvalue weighted by atomic mass is 10.1. The molecule has 0 aliphatic carbocycles. The molecule has 0 unspecified atom stereocenters. The number of pyridine rings is 1. The molecule has 0 atom stereocenters. The largest absolute Gasteiger partial charge is 0.357 e. The minimum atomic E-state index is -0.178. The Hall–Kier alpha value is -2.89. The summed E-state index contributed by atoms with van der Waals surface area (Å²) in [5, 5.41) is 2.88. The third kappa shape index (κ3) is 3.94. The highest BCUT2D eigenvalue weighted by molar-refractivity contribution is 6.04. The molecule has 4 rings (SSSR count). The number of carbonyl (C=O) groups is 2. The highest BCUT2D eigenvalue weighted by atomic mass is 16.2. The molecule has 6 heteroatoms. The molecular formula is C21H24N4O2. The van der Waals surface area contributed by atoms with Crippen LogP contribution in [0, 0.1) is 0 Å². The van der Waals surface area contributed by atoms with E-state index in [1.807, 2.05) is 24.3 Å². The molecule has 0 saturated carbocycles. The third-order valence-electron chi connectivity index (χ3n) is 5.20. The van der Waals surface area contributed by atoms with Gasteiger partial charge in [0.15, 0.2) is 0 Å². The van der Waals surface area contributed by atoms with Gasteiger partial charge in [0, 0.05) is 37.3 Å². The van der Waals surface area contributed by atoms with E-state index in [-0.39, 0.29) is 11.8 Å². The number of piperidine rings is 1. The molecule has 6 nitrogen and oxygen atoms in total. The van der Waals surface area contributed by atoms with Crippen LogP contribution in [-0.4, -0.2) is 36.4 Å². The normalized spacial score (nSPS) is 17.3. The van der Waals surface area contributed by atoms with Crippen molar-refractivity contribution in [2.75, 3.05) is 34.8 Å². The predicted octanol–water partition coefficient (Wildman–Crippen LogP) is 3.45. The second-order valence-corrected chi connectivity index (χ2v) is 7.10. The molecule has 1 aromatic heterocycles. The van der Waals surface area contributed by atoms with Crippen molar-refractivity contribution in [3.05, 3.63) is 48.2 Å². The van der Waals surface area contributed by atoms with Crippen LogP contribution in [0.3, 0.4) is 0 Å². The van der Waals surface area contributed by atoms with Gasteiger partial charge in [0.2, 0.25) is 5.91 Å². The zero-order valence-corrected chi connectivity index (χ0v) is 15.4. The van der Waals surface area contributed by atoms with Gasteiger partial charge in [-0.25, -0.2) is 4.98 Å². The Kier molecular flexibility index (Phi) is 5.05. The number of hydrogen-bond acceptors (Lipinski definition) is 4. The first-order valence-electron chi connectivity index (χ1n) is 9.63. The maximum Gasteiger partial charge on any atom is 0.255 e. The molecule has 2 aliphatic heterocycles. The molecule has 27 heavy (non-hydrogen) atoms. The van der Waals surface area contributed by atoms with E-state index in [0.717, 1.165) is 44.0 Å². The summed E-state index contributed by atoms with van der Waals surface area (Å²) in [5.74, 6) is 0.936. The van der Waals surface area contributed by atoms with Crippen molar-refractivity contribution in [3.63, 3.8) is 0 Å². The summed E-state index contributed by atoms with van der Waals surface area (Å²) in [6.07, 6.45) is 6.70. The minimum Gasteiger partial charge on any atom is -0.357 e. The van der Waals surface area contributed by atoms with E-state index in [9.17, 15) is 9.59 Å². The number of nitrogens with zero attached hydrogens (tertiary/aromatic N) is 3. The average Bonchev–Trinajstić information content (AvgIpc) is 3.24. The van der Waals surface area contributed by atoms with Gasteiger partial charge in [0.25, 0.3) is 5.91 Å². The van der Waals surface area contributed by atoms with Crippen molar-refractivity contribution in [2.45, 2.75) is 32.1 Å². The molecule has 2 saturated heterocycles. The standard InChI is InChI=1S/C21H24N4O2/c26-20-5-1-2-14-25(20)18-9-6-16(7-10-18)21(27)23-17-8-11-19(22-15-17)24-12-3-4-13-24/h6-11,15H,1-5,12-14H2,(H,23,27). The van der Waals surface area contributed by atoms with Crippen LogP contribution in [0.25, 0.3) is 0 Å². The van der Waals surface area contributed by atoms with E-state index < -0.39 is 0 Å². The summed E-state index contributed by atoms with van der Waals surface area (Å²) >= 11 is 0. The smallest absolute Gasteiger partial charge is 0.255 e. The lowest BCUT2D eigenvalue weighted by Gasteiger charge is -2.26. The molecule has 0 spiro atoms. The van der Waals surface area contributed by atoms with Crippen molar-refractivity contribution in [2.24, 2.45) is 0 Å². The van der Waals surface area contributed by atoms with Crippen LogP contribution in [0.1, 0.15) is 42.5 Å². The van der Waals surface area contributed by atoms with E-state index in [2.05, 4.69) is 15.2 Å². The highest BCUT2D eigenvalue weighted by Gasteiger charge is 2.20. The number of hydrogen-bond donors (Lipinski definition) is 1. The first-order chi connectivity index (χ1) is 13.2. The van der Waals surface area contributed by atoms with Gasteiger partial charge in [-0.05, 0) is 62.1 Å². The lowest BCUT2D eigenvalue weighted by molar-refractivity contribution is -0.119. The topological polar surface area (TPSA) is 65.5 Å². The first-order valence-corrected chi connectivity index (χ1v) is 9.63. The van der Waals surface area contributed by atoms with Crippen LogP contribution >= 0.6 is 0 Å². The number of aromatic nitrogens is 1. The number of anilines is 3. The quantitative estimate of drug-likeness (QED) is 0.902. The van der Waals surface area contributed by atoms with Gasteiger partial charge in [-0.2, -0.15) is 0 Å². The van der Waals surface area contributed by atoms with Crippen LogP contribution in [-0.2, 0) is 4.79 Å². The Morgan fingerprint density at radius 1 is 0.926 bits per heavy atom. The Balaban J connectivity index is 1.39. The monoisotopic (exact) mass is 364 g/mol. The number of amides is 2. The fraction of sp³-hybridized carbons (Fsp3) is 0.381. The van der Waals surface area contributed by atoms with Gasteiger partial charge in [-0.1, -0.05) is 0 Å². The number of nitrogens with one attached hydrogen (secondary N) is 1. The zero-order chi connectivity index (χ0) is 18.6. The Bertz CT molecular complexity index is 811. The number of rotatable bonds is 4. The highest BCUT2D eigenvalue weighted by Crippen LogP contribution is 2.22. The molecule has 0 radical (unpaired) electrons. The van der Waals surface area contributed by atoms with Gasteiger partial charge in [0.1, 0.15) is 5.82 Å². The maximum absolute atomic E-state index is 12.5. The summed E-state index contributed by atoms with van der Waals surface area (Å²) in [5.41, 5.74) is 2.10. The average molecular weight is 364 g/mol. The van der Waals surface area contributed by atoms with Gasteiger partial charge >= 0.3 is 0 Å². The van der Waals surface area contributed by atoms with Crippen molar-refractivity contribution in [3.8, 4) is 0 Å². The van der Waals surface area contributed by atoms with Crippen molar-refractivity contribution < 1.29 is 9.59 Å². The molecule has 2 amide bonds. The first kappa shape index (κ1) is 17.5. The van der Waals surface area contributed by atoms with E-state index >= 15 is 0 Å². The van der Waals surface area contributed by atoms with Gasteiger partial charge in [-0.3, -0.25) is 9.59 Å². The molecule has 1 N–H and O–H groups in total. The zero-order valence-electron chi connectivity index (χ0n) is 15.4. The summed E-state index contributed by atoms with van der Waals surface area (Å²) in [7, 11) is 0. The molecule has 2 fully saturated rings. The van der Waals surface area contributed by atoms with Gasteiger partial charge < -0.3 is 15.1 Å². The van der Waals surface area contributed by atoms with E-state index in [0.29, 0.717) is 17.7 Å². The second-order valence-electron chi connectivity index (χ2n) is 7.10. The summed E-state index contributed by atoms with van der Waals surface area (Å²) in [6, 6.07) is 11.0. The van der Waals surface area contributed by atoms with E-state index in [4.69, 9.17) is 0 Å². The Labute approximate surface area is 159 Å². The fourth-order valence-corrected chi connectivity index (χ4v) is 3.67. The molecule has 2 aromatic rings. The maximum atomic E-state index is 12.5. The minimum absolute atomic E-state index is 0.155. The fourth-order valence-electron chi connectivity index (χ4n) is 3.67. The molecule has 0 bridgehead atoms. The van der Waals surface area contributed by atoms with Gasteiger partial charge in [-0.15, -0.1) is 0 Å². The molecule has 1 aromatic carbocycles. The second kappa shape index (κ2) is 7.78. The number of carbonyl (C=O) groups excluding carboxylic acids is 2. The van der Waals surface area contributed by atoms with Crippen molar-refractivity contribution >= 4 is 29.0 Å². The SMILES string of the molecule is O=C(Nc1ccc(N2CCCC2)nc1)c1ccc(N2CCCCC2=O)cc1. The van der Waals surface area contributed by atoms with Crippen LogP contribution in [0.15, 0.2) is 42.6 Å². The summed E-state index contributed by atoms with van der Waals surface area (Å²) in [4.78, 5) is 33.0. The molecule has 3 heterocycles. The van der Waals surface area contributed by atoms with Gasteiger partial charge in [0.05, 0.1) is 11.9 Å². The third-order valence-corrected chi connectivity index (χ3v) is 5.20. The number of benzene rings is 1. The van der Waals surface area contributed by atoms with Crippen LogP contribution in [0.4, 0.5) is 17.2 Å².